The molecule has 0 spiro atoms. The summed E-state index contributed by atoms with van der Waals surface area (Å²) in [6.45, 7) is 3.99. The molecule has 0 N–H and O–H groups in total. The van der Waals surface area contributed by atoms with Gasteiger partial charge in [-0.15, -0.1) is 0 Å². The van der Waals surface area contributed by atoms with E-state index in [0.29, 0.717) is 18.1 Å². The molecule has 0 aliphatic heterocycles. The normalized spacial score (nSPS) is 11.6. The highest BCUT2D eigenvalue weighted by Gasteiger charge is 2.24. The van der Waals surface area contributed by atoms with Crippen LogP contribution in [0.3, 0.4) is 0 Å². The summed E-state index contributed by atoms with van der Waals surface area (Å²) >= 11 is 0. The van der Waals surface area contributed by atoms with Crippen LogP contribution in [-0.2, 0) is 14.3 Å². The van der Waals surface area contributed by atoms with Gasteiger partial charge in [0.1, 0.15) is 11.5 Å². The van der Waals surface area contributed by atoms with E-state index in [2.05, 4.69) is 6.92 Å². The Labute approximate surface area is 198 Å². The number of hydrogen-bond donors (Lipinski definition) is 0. The summed E-state index contributed by atoms with van der Waals surface area (Å²) in [4.78, 5) is 23.9. The van der Waals surface area contributed by atoms with Crippen LogP contribution in [0, 0.1) is 0 Å². The van der Waals surface area contributed by atoms with Crippen LogP contribution in [0.15, 0.2) is 54.6 Å². The van der Waals surface area contributed by atoms with Gasteiger partial charge in [-0.05, 0) is 30.7 Å². The minimum absolute atomic E-state index is 0.388. The van der Waals surface area contributed by atoms with Gasteiger partial charge in [0.15, 0.2) is 0 Å². The molecule has 5 heteroatoms. The lowest BCUT2D eigenvalue weighted by Crippen LogP contribution is -2.22. The lowest BCUT2D eigenvalue weighted by Gasteiger charge is -2.18. The summed E-state index contributed by atoms with van der Waals surface area (Å²) in [7, 11) is 0. The van der Waals surface area contributed by atoms with Gasteiger partial charge in [-0.1, -0.05) is 95.0 Å². The summed E-state index contributed by atoms with van der Waals surface area (Å²) in [5.74, 6) is 0.132. The summed E-state index contributed by atoms with van der Waals surface area (Å²) in [6, 6.07) is 15.9. The molecule has 1 unspecified atom stereocenters. The van der Waals surface area contributed by atoms with Gasteiger partial charge in [0, 0.05) is 12.5 Å². The fraction of sp³-hybridized carbons (Fsp3) is 0.500. The molecule has 0 aliphatic rings. The largest absolute Gasteiger partial charge is 0.474 e. The highest BCUT2D eigenvalue weighted by atomic mass is 16.6. The van der Waals surface area contributed by atoms with Crippen LogP contribution in [0.2, 0.25) is 0 Å². The van der Waals surface area contributed by atoms with Gasteiger partial charge in [-0.25, -0.2) is 4.79 Å². The topological polar surface area (TPSA) is 61.8 Å². The molecule has 0 radical (unpaired) electrons. The molecule has 180 valence electrons. The SMILES string of the molecule is CCCCCCCCCCCCOC(=O)C(Oc1ccc(OC(C)=O)cc1)c1ccccc1. The van der Waals surface area contributed by atoms with Crippen molar-refractivity contribution in [3.05, 3.63) is 60.2 Å². The highest BCUT2D eigenvalue weighted by Crippen LogP contribution is 2.25. The van der Waals surface area contributed by atoms with Gasteiger partial charge < -0.3 is 14.2 Å². The molecule has 2 aromatic rings. The standard InChI is InChI=1S/C28H38O5/c1-3-4-5-6-7-8-9-10-11-15-22-31-28(30)27(24-16-13-12-14-17-24)33-26-20-18-25(19-21-26)32-23(2)29/h12-14,16-21,27H,3-11,15,22H2,1-2H3. The Morgan fingerprint density at radius 3 is 1.85 bits per heavy atom. The fourth-order valence-corrected chi connectivity index (χ4v) is 3.61. The molecule has 33 heavy (non-hydrogen) atoms. The van der Waals surface area contributed by atoms with Crippen molar-refractivity contribution in [2.45, 2.75) is 84.2 Å². The van der Waals surface area contributed by atoms with E-state index in [1.165, 1.54) is 58.3 Å². The van der Waals surface area contributed by atoms with Crippen LogP contribution in [0.4, 0.5) is 0 Å². The second-order valence-electron chi connectivity index (χ2n) is 8.32. The van der Waals surface area contributed by atoms with Crippen LogP contribution < -0.4 is 9.47 Å². The smallest absolute Gasteiger partial charge is 0.352 e. The highest BCUT2D eigenvalue weighted by molar-refractivity contribution is 5.77. The van der Waals surface area contributed by atoms with Gasteiger partial charge in [0.2, 0.25) is 6.10 Å². The van der Waals surface area contributed by atoms with E-state index in [0.717, 1.165) is 18.4 Å². The first-order valence-electron chi connectivity index (χ1n) is 12.3. The molecule has 0 aromatic heterocycles. The maximum atomic E-state index is 12.8. The van der Waals surface area contributed by atoms with Crippen molar-refractivity contribution in [1.82, 2.24) is 0 Å². The van der Waals surface area contributed by atoms with Crippen molar-refractivity contribution in [3.8, 4) is 11.5 Å². The summed E-state index contributed by atoms with van der Waals surface area (Å²) < 4.78 is 16.5. The number of benzene rings is 2. The van der Waals surface area contributed by atoms with Gasteiger partial charge in [0.25, 0.3) is 0 Å². The Hall–Kier alpha value is -2.82. The first-order chi connectivity index (χ1) is 16.1. The number of carbonyl (C=O) groups is 2. The molecule has 1 atom stereocenters. The van der Waals surface area contributed by atoms with E-state index in [1.807, 2.05) is 30.3 Å². The maximum Gasteiger partial charge on any atom is 0.352 e. The molecule has 0 amide bonds. The fourth-order valence-electron chi connectivity index (χ4n) is 3.61. The van der Waals surface area contributed by atoms with E-state index in [9.17, 15) is 9.59 Å². The number of hydrogen-bond acceptors (Lipinski definition) is 5. The molecule has 0 heterocycles. The summed E-state index contributed by atoms with van der Waals surface area (Å²) in [6.07, 6.45) is 11.5. The van der Waals surface area contributed by atoms with Crippen LogP contribution >= 0.6 is 0 Å². The molecule has 5 nitrogen and oxygen atoms in total. The van der Waals surface area contributed by atoms with E-state index in [1.54, 1.807) is 24.3 Å². The molecule has 0 saturated carbocycles. The lowest BCUT2D eigenvalue weighted by molar-refractivity contribution is -0.152. The van der Waals surface area contributed by atoms with Gasteiger partial charge in [-0.3, -0.25) is 4.79 Å². The predicted molar refractivity (Wildman–Crippen MR) is 130 cm³/mol. The zero-order valence-electron chi connectivity index (χ0n) is 20.1. The van der Waals surface area contributed by atoms with Crippen LogP contribution in [0.5, 0.6) is 11.5 Å². The van der Waals surface area contributed by atoms with E-state index in [4.69, 9.17) is 14.2 Å². The molecule has 0 fully saturated rings. The number of esters is 2. The minimum atomic E-state index is -0.853. The zero-order chi connectivity index (χ0) is 23.7. The van der Waals surface area contributed by atoms with Crippen molar-refractivity contribution < 1.29 is 23.8 Å². The molecular formula is C28H38O5. The summed E-state index contributed by atoms with van der Waals surface area (Å²) in [5, 5.41) is 0. The Bertz CT molecular complexity index is 801. The Kier molecular flexibility index (Phi) is 12.7. The van der Waals surface area contributed by atoms with Crippen molar-refractivity contribution in [2.24, 2.45) is 0 Å². The molecule has 2 rings (SSSR count). The van der Waals surface area contributed by atoms with Gasteiger partial charge in [0.05, 0.1) is 6.61 Å². The van der Waals surface area contributed by atoms with Crippen molar-refractivity contribution in [3.63, 3.8) is 0 Å². The second-order valence-corrected chi connectivity index (χ2v) is 8.32. The van der Waals surface area contributed by atoms with Crippen LogP contribution in [0.25, 0.3) is 0 Å². The number of unbranched alkanes of at least 4 members (excludes halogenated alkanes) is 9. The third-order valence-electron chi connectivity index (χ3n) is 5.40. The Morgan fingerprint density at radius 2 is 1.27 bits per heavy atom. The van der Waals surface area contributed by atoms with Crippen molar-refractivity contribution in [1.29, 1.82) is 0 Å². The molecule has 2 aromatic carbocycles. The van der Waals surface area contributed by atoms with Gasteiger partial charge >= 0.3 is 11.9 Å². The third-order valence-corrected chi connectivity index (χ3v) is 5.40. The third kappa shape index (κ3) is 11.0. The van der Waals surface area contributed by atoms with Crippen LogP contribution in [0.1, 0.15) is 89.7 Å². The van der Waals surface area contributed by atoms with Crippen LogP contribution in [-0.4, -0.2) is 18.5 Å². The number of rotatable bonds is 16. The quantitative estimate of drug-likeness (QED) is 0.152. The zero-order valence-corrected chi connectivity index (χ0v) is 20.1. The average Bonchev–Trinajstić information content (AvgIpc) is 2.82. The number of carbonyl (C=O) groups excluding carboxylic acids is 2. The monoisotopic (exact) mass is 454 g/mol. The molecular weight excluding hydrogens is 416 g/mol. The Morgan fingerprint density at radius 1 is 0.727 bits per heavy atom. The van der Waals surface area contributed by atoms with Gasteiger partial charge in [-0.2, -0.15) is 0 Å². The second kappa shape index (κ2) is 15.9. The first-order valence-corrected chi connectivity index (χ1v) is 12.3. The number of ether oxygens (including phenoxy) is 3. The van der Waals surface area contributed by atoms with E-state index < -0.39 is 12.1 Å². The van der Waals surface area contributed by atoms with Crippen molar-refractivity contribution in [2.75, 3.05) is 6.61 Å². The maximum absolute atomic E-state index is 12.8. The Balaban J connectivity index is 1.77. The van der Waals surface area contributed by atoms with E-state index in [-0.39, 0.29) is 5.97 Å². The molecule has 0 saturated heterocycles. The first kappa shape index (κ1) is 26.4. The predicted octanol–water partition coefficient (Wildman–Crippen LogP) is 7.20. The minimum Gasteiger partial charge on any atom is -0.474 e. The van der Waals surface area contributed by atoms with E-state index >= 15 is 0 Å². The molecule has 0 aliphatic carbocycles. The molecule has 0 bridgehead atoms. The average molecular weight is 455 g/mol. The summed E-state index contributed by atoms with van der Waals surface area (Å²) in [5.41, 5.74) is 0.731. The lowest BCUT2D eigenvalue weighted by atomic mass is 10.1. The van der Waals surface area contributed by atoms with Crippen molar-refractivity contribution >= 4 is 11.9 Å².